The lowest BCUT2D eigenvalue weighted by molar-refractivity contribution is 0.436. The first-order valence-corrected chi connectivity index (χ1v) is 15.1. The van der Waals surface area contributed by atoms with Gasteiger partial charge in [0.15, 0.2) is 0 Å². The first-order chi connectivity index (χ1) is 17.7. The Hall–Kier alpha value is -2.63. The molecule has 3 rings (SSSR count). The van der Waals surface area contributed by atoms with Gasteiger partial charge >= 0.3 is 0 Å². The fourth-order valence-corrected chi connectivity index (χ4v) is 5.67. The monoisotopic (exact) mass is 522 g/mol. The Kier molecular flexibility index (Phi) is 10.8. The van der Waals surface area contributed by atoms with Crippen LogP contribution in [0.5, 0.6) is 5.75 Å². The van der Waals surface area contributed by atoms with Crippen molar-refractivity contribution in [3.8, 4) is 5.75 Å². The molecule has 0 fully saturated rings. The molecule has 0 spiro atoms. The largest absolute Gasteiger partial charge is 0.506 e. The van der Waals surface area contributed by atoms with E-state index in [1.54, 1.807) is 0 Å². The van der Waals surface area contributed by atoms with Gasteiger partial charge in [-0.05, 0) is 41.2 Å². The van der Waals surface area contributed by atoms with Crippen LogP contribution in [-0.4, -0.2) is 18.1 Å². The molecule has 0 amide bonds. The third-order valence-corrected chi connectivity index (χ3v) is 8.33. The predicted octanol–water partition coefficient (Wildman–Crippen LogP) is 8.63. The average molecular weight is 523 g/mol. The van der Waals surface area contributed by atoms with Crippen LogP contribution in [0.25, 0.3) is 0 Å². The van der Waals surface area contributed by atoms with Gasteiger partial charge in [0.25, 0.3) is 10.1 Å². The van der Waals surface area contributed by atoms with E-state index in [4.69, 9.17) is 0 Å². The van der Waals surface area contributed by atoms with Crippen molar-refractivity contribution in [2.75, 3.05) is 0 Å². The molecule has 0 radical (unpaired) electrons. The second-order valence-electron chi connectivity index (χ2n) is 10.3. The Morgan fingerprint density at radius 2 is 1.22 bits per heavy atom. The number of phenols is 1. The molecule has 0 saturated heterocycles. The molecule has 0 aliphatic carbocycles. The van der Waals surface area contributed by atoms with Crippen molar-refractivity contribution in [3.05, 3.63) is 94.5 Å². The smallest absolute Gasteiger partial charge is 0.298 e. The van der Waals surface area contributed by atoms with Crippen molar-refractivity contribution < 1.29 is 18.1 Å². The molecule has 0 aliphatic heterocycles. The Bertz CT molecular complexity index is 1220. The van der Waals surface area contributed by atoms with Crippen LogP contribution in [-0.2, 0) is 16.5 Å². The van der Waals surface area contributed by atoms with Crippen molar-refractivity contribution in [1.29, 1.82) is 0 Å². The first-order valence-electron chi connectivity index (χ1n) is 13.7. The van der Waals surface area contributed by atoms with Gasteiger partial charge in [-0.25, -0.2) is 0 Å². The van der Waals surface area contributed by atoms with Crippen LogP contribution < -0.4 is 0 Å². The predicted molar refractivity (Wildman–Crippen MR) is 152 cm³/mol. The van der Waals surface area contributed by atoms with Crippen LogP contribution in [0.4, 0.5) is 0 Å². The maximum absolute atomic E-state index is 12.1. The highest BCUT2D eigenvalue weighted by molar-refractivity contribution is 7.86. The number of benzene rings is 3. The van der Waals surface area contributed by atoms with Crippen molar-refractivity contribution in [3.63, 3.8) is 0 Å². The topological polar surface area (TPSA) is 74.6 Å². The van der Waals surface area contributed by atoms with Gasteiger partial charge in [-0.2, -0.15) is 8.42 Å². The van der Waals surface area contributed by atoms with E-state index in [2.05, 4.69) is 38.1 Å². The van der Waals surface area contributed by atoms with E-state index < -0.39 is 15.0 Å². The number of hydrogen-bond acceptors (Lipinski definition) is 3. The summed E-state index contributed by atoms with van der Waals surface area (Å²) < 4.78 is 33.9. The Labute approximate surface area is 223 Å². The van der Waals surface area contributed by atoms with Crippen LogP contribution in [0.1, 0.15) is 112 Å². The van der Waals surface area contributed by atoms with E-state index >= 15 is 0 Å². The standard InChI is InChI=1S/C32H42O4S/c1-4-5-6-7-8-9-10-12-15-26-22-30(32(33)31(23-26)37(34,35)36)25(3)29-20-18-28(19-21-29)24(2)27-16-13-11-14-17-27/h11,13-14,16-25,33H,4-10,12,15H2,1-3H3,(H,34,35,36). The molecule has 0 aromatic heterocycles. The molecular formula is C32H42O4S. The van der Waals surface area contributed by atoms with E-state index in [1.165, 1.54) is 55.7 Å². The quantitative estimate of drug-likeness (QED) is 0.164. The van der Waals surface area contributed by atoms with Gasteiger partial charge in [0.05, 0.1) is 0 Å². The Morgan fingerprint density at radius 3 is 1.78 bits per heavy atom. The Balaban J connectivity index is 1.76. The van der Waals surface area contributed by atoms with Gasteiger partial charge in [0.2, 0.25) is 0 Å². The van der Waals surface area contributed by atoms with E-state index in [9.17, 15) is 18.1 Å². The first kappa shape index (κ1) is 28.9. The van der Waals surface area contributed by atoms with Gasteiger partial charge in [-0.3, -0.25) is 4.55 Å². The van der Waals surface area contributed by atoms with Gasteiger partial charge in [0.1, 0.15) is 10.6 Å². The third-order valence-electron chi connectivity index (χ3n) is 7.46. The minimum Gasteiger partial charge on any atom is -0.506 e. The summed E-state index contributed by atoms with van der Waals surface area (Å²) >= 11 is 0. The molecule has 200 valence electrons. The SMILES string of the molecule is CCCCCCCCCCc1cc(C(C)c2ccc(C(C)c3ccccc3)cc2)c(O)c(S(=O)(=O)O)c1. The molecule has 0 bridgehead atoms. The zero-order valence-corrected chi connectivity index (χ0v) is 23.3. The summed E-state index contributed by atoms with van der Waals surface area (Å²) in [6.07, 6.45) is 10.2. The second kappa shape index (κ2) is 13.8. The number of aromatic hydroxyl groups is 1. The van der Waals surface area contributed by atoms with Crippen LogP contribution >= 0.6 is 0 Å². The maximum atomic E-state index is 12.1. The summed E-state index contributed by atoms with van der Waals surface area (Å²) in [6.45, 7) is 6.35. The van der Waals surface area contributed by atoms with Crippen molar-refractivity contribution in [2.45, 2.75) is 95.3 Å². The van der Waals surface area contributed by atoms with E-state index in [-0.39, 0.29) is 17.6 Å². The molecule has 2 atom stereocenters. The summed E-state index contributed by atoms with van der Waals surface area (Å²) in [6, 6.07) is 21.9. The molecule has 3 aromatic carbocycles. The number of rotatable bonds is 14. The van der Waals surface area contributed by atoms with E-state index in [0.717, 1.165) is 24.0 Å². The number of hydrogen-bond donors (Lipinski definition) is 2. The molecule has 2 unspecified atom stereocenters. The van der Waals surface area contributed by atoms with Crippen molar-refractivity contribution >= 4 is 10.1 Å². The van der Waals surface area contributed by atoms with Gasteiger partial charge < -0.3 is 5.11 Å². The van der Waals surface area contributed by atoms with Crippen LogP contribution in [0.2, 0.25) is 0 Å². The van der Waals surface area contributed by atoms with Gasteiger partial charge in [-0.1, -0.05) is 126 Å². The summed E-state index contributed by atoms with van der Waals surface area (Å²) in [7, 11) is -4.54. The molecule has 0 heterocycles. The third kappa shape index (κ3) is 8.18. The van der Waals surface area contributed by atoms with E-state index in [1.807, 2.05) is 43.3 Å². The lowest BCUT2D eigenvalue weighted by atomic mass is 9.87. The summed E-state index contributed by atoms with van der Waals surface area (Å²) in [4.78, 5) is -0.402. The van der Waals surface area contributed by atoms with Crippen molar-refractivity contribution in [1.82, 2.24) is 0 Å². The summed E-state index contributed by atoms with van der Waals surface area (Å²) in [5.41, 5.74) is 4.76. The normalized spacial score (nSPS) is 13.4. The molecule has 3 aromatic rings. The molecule has 4 nitrogen and oxygen atoms in total. The Morgan fingerprint density at radius 1 is 0.703 bits per heavy atom. The maximum Gasteiger partial charge on any atom is 0.298 e. The highest BCUT2D eigenvalue weighted by Crippen LogP contribution is 2.37. The molecule has 0 aliphatic rings. The number of phenolic OH excluding ortho intramolecular Hbond substituents is 1. The fourth-order valence-electron chi connectivity index (χ4n) is 5.01. The second-order valence-corrected chi connectivity index (χ2v) is 11.6. The minimum atomic E-state index is -4.54. The fraction of sp³-hybridized carbons (Fsp3) is 0.438. The van der Waals surface area contributed by atoms with Crippen molar-refractivity contribution in [2.24, 2.45) is 0 Å². The lowest BCUT2D eigenvalue weighted by Gasteiger charge is -2.19. The molecule has 0 saturated carbocycles. The van der Waals surface area contributed by atoms with Gasteiger partial charge in [-0.15, -0.1) is 0 Å². The number of unbranched alkanes of at least 4 members (excludes halogenated alkanes) is 7. The van der Waals surface area contributed by atoms with Crippen LogP contribution in [0.3, 0.4) is 0 Å². The van der Waals surface area contributed by atoms with Gasteiger partial charge in [0, 0.05) is 17.4 Å². The van der Waals surface area contributed by atoms with Crippen LogP contribution in [0.15, 0.2) is 71.6 Å². The zero-order valence-electron chi connectivity index (χ0n) is 22.5. The minimum absolute atomic E-state index is 0.236. The zero-order chi connectivity index (χ0) is 26.8. The van der Waals surface area contributed by atoms with E-state index in [0.29, 0.717) is 12.0 Å². The molecular weight excluding hydrogens is 480 g/mol. The molecule has 37 heavy (non-hydrogen) atoms. The summed E-state index contributed by atoms with van der Waals surface area (Å²) in [5.74, 6) is -0.350. The van der Waals surface area contributed by atoms with Crippen LogP contribution in [0, 0.1) is 0 Å². The number of aryl methyl sites for hydroxylation is 1. The molecule has 5 heteroatoms. The lowest BCUT2D eigenvalue weighted by Crippen LogP contribution is -2.06. The average Bonchev–Trinajstić information content (AvgIpc) is 2.90. The summed E-state index contributed by atoms with van der Waals surface area (Å²) in [5, 5.41) is 10.8. The highest BCUT2D eigenvalue weighted by Gasteiger charge is 2.23. The highest BCUT2D eigenvalue weighted by atomic mass is 32.2. The molecule has 2 N–H and O–H groups in total.